The molecule has 6 nitrogen and oxygen atoms in total. The maximum atomic E-state index is 13.8. The topological polar surface area (TPSA) is 67.2 Å². The molecule has 1 unspecified atom stereocenters. The summed E-state index contributed by atoms with van der Waals surface area (Å²) in [5.74, 6) is -6.39. The molecule has 0 spiro atoms. The summed E-state index contributed by atoms with van der Waals surface area (Å²) < 4.78 is 42.7. The third-order valence-corrected chi connectivity index (χ3v) is 6.77. The van der Waals surface area contributed by atoms with Crippen LogP contribution < -0.4 is 10.2 Å². The number of nitrogens with zero attached hydrogens (tertiary/aromatic N) is 3. The van der Waals surface area contributed by atoms with E-state index in [1.807, 2.05) is 31.2 Å². The van der Waals surface area contributed by atoms with Crippen molar-refractivity contribution in [1.29, 1.82) is 0 Å². The second-order valence-electron chi connectivity index (χ2n) is 9.52. The number of hydrogen-bond donors (Lipinski definition) is 1. The van der Waals surface area contributed by atoms with Gasteiger partial charge in [-0.1, -0.05) is 36.8 Å². The lowest BCUT2D eigenvalue weighted by molar-refractivity contribution is -0.144. The number of halogens is 3. The van der Waals surface area contributed by atoms with Crippen LogP contribution in [0.3, 0.4) is 0 Å². The van der Waals surface area contributed by atoms with Gasteiger partial charge in [-0.15, -0.1) is 0 Å². The summed E-state index contributed by atoms with van der Waals surface area (Å²) in [6, 6.07) is 17.2. The largest absolute Gasteiger partial charge is 0.345 e. The van der Waals surface area contributed by atoms with Crippen LogP contribution in [0.2, 0.25) is 0 Å². The molecule has 5 rings (SSSR count). The fourth-order valence-corrected chi connectivity index (χ4v) is 4.88. The number of rotatable bonds is 5. The van der Waals surface area contributed by atoms with E-state index in [1.54, 1.807) is 53.0 Å². The number of nitrogens with one attached hydrogen (secondary N) is 1. The normalized spacial score (nSPS) is 20.0. The molecule has 3 atom stereocenters. The predicted octanol–water partition coefficient (Wildman–Crippen LogP) is 5.34. The highest BCUT2D eigenvalue weighted by molar-refractivity contribution is 6.01. The molecule has 2 heterocycles. The number of aromatic nitrogens is 2. The summed E-state index contributed by atoms with van der Waals surface area (Å²) in [6.45, 7) is 4.07. The number of carbonyl (C=O) groups is 2. The van der Waals surface area contributed by atoms with Gasteiger partial charge in [0.1, 0.15) is 5.82 Å². The molecular weight excluding hydrogens is 481 g/mol. The van der Waals surface area contributed by atoms with Crippen molar-refractivity contribution < 1.29 is 22.8 Å². The van der Waals surface area contributed by atoms with E-state index in [-0.39, 0.29) is 11.7 Å². The molecule has 0 aliphatic carbocycles. The average molecular weight is 507 g/mol. The average Bonchev–Trinajstić information content (AvgIpc) is 3.38. The minimum atomic E-state index is -3.58. The van der Waals surface area contributed by atoms with Crippen molar-refractivity contribution in [3.05, 3.63) is 89.9 Å². The first-order valence-corrected chi connectivity index (χ1v) is 11.9. The second-order valence-corrected chi connectivity index (χ2v) is 9.52. The molecule has 37 heavy (non-hydrogen) atoms. The molecular formula is C28H25F3N4O2. The number of benzene rings is 3. The Bertz CT molecular complexity index is 1490. The third kappa shape index (κ3) is 4.45. The highest BCUT2D eigenvalue weighted by Gasteiger charge is 2.49. The Morgan fingerprint density at radius 2 is 1.73 bits per heavy atom. The lowest BCUT2D eigenvalue weighted by Crippen LogP contribution is -2.48. The van der Waals surface area contributed by atoms with Gasteiger partial charge in [0, 0.05) is 18.0 Å². The van der Waals surface area contributed by atoms with Gasteiger partial charge in [0.15, 0.2) is 0 Å². The van der Waals surface area contributed by atoms with E-state index in [4.69, 9.17) is 0 Å². The first-order chi connectivity index (χ1) is 17.5. The number of amides is 2. The van der Waals surface area contributed by atoms with Crippen molar-refractivity contribution >= 4 is 28.4 Å². The molecule has 1 saturated heterocycles. The standard InChI is InChI=1S/C28H25F3N4O2/c1-16-5-4-6-18(13-16)25-24(33-27(37)28(3,30)31)17(2)26(36)34(25)22-11-12-23-19(14-22)15-32-35(23)21-9-7-20(29)8-10-21/h4-15,17,24-25H,1-3H3,(H,33,37)/t17-,24-,25?/m0/s1. The smallest absolute Gasteiger partial charge is 0.321 e. The van der Waals surface area contributed by atoms with Gasteiger partial charge in [0.05, 0.1) is 35.4 Å². The van der Waals surface area contributed by atoms with E-state index in [9.17, 15) is 22.8 Å². The summed E-state index contributed by atoms with van der Waals surface area (Å²) in [7, 11) is 0. The van der Waals surface area contributed by atoms with E-state index in [0.29, 0.717) is 18.3 Å². The predicted molar refractivity (Wildman–Crippen MR) is 134 cm³/mol. The molecule has 4 aromatic rings. The summed E-state index contributed by atoms with van der Waals surface area (Å²) in [6.07, 6.45) is 1.64. The molecule has 190 valence electrons. The SMILES string of the molecule is Cc1cccc(C2[C@@H](NC(=O)C(C)(F)F)[C@H](C)C(=O)N2c2ccc3c(cnn3-c3ccc(F)cc3)c2)c1. The lowest BCUT2D eigenvalue weighted by atomic mass is 9.93. The first-order valence-electron chi connectivity index (χ1n) is 11.9. The fraction of sp³-hybridized carbons (Fsp3) is 0.250. The zero-order valence-corrected chi connectivity index (χ0v) is 20.5. The number of anilines is 1. The molecule has 1 aliphatic rings. The van der Waals surface area contributed by atoms with Gasteiger partial charge < -0.3 is 10.2 Å². The summed E-state index contributed by atoms with van der Waals surface area (Å²) in [5, 5.41) is 7.59. The van der Waals surface area contributed by atoms with Crippen molar-refractivity contribution in [2.75, 3.05) is 4.90 Å². The van der Waals surface area contributed by atoms with Crippen molar-refractivity contribution in [2.24, 2.45) is 5.92 Å². The second kappa shape index (κ2) is 9.06. The van der Waals surface area contributed by atoms with Gasteiger partial charge in [-0.2, -0.15) is 13.9 Å². The quantitative estimate of drug-likeness (QED) is 0.398. The molecule has 1 N–H and O–H groups in total. The molecule has 0 radical (unpaired) electrons. The Morgan fingerprint density at radius 3 is 2.41 bits per heavy atom. The molecule has 9 heteroatoms. The Kier molecular flexibility index (Phi) is 6.01. The van der Waals surface area contributed by atoms with Crippen LogP contribution in [0.25, 0.3) is 16.6 Å². The van der Waals surface area contributed by atoms with Gasteiger partial charge in [-0.05, 0) is 55.0 Å². The number of aryl methyl sites for hydroxylation is 1. The molecule has 1 fully saturated rings. The van der Waals surface area contributed by atoms with Crippen LogP contribution in [0.1, 0.15) is 31.0 Å². The lowest BCUT2D eigenvalue weighted by Gasteiger charge is -2.30. The van der Waals surface area contributed by atoms with Crippen LogP contribution in [-0.2, 0) is 9.59 Å². The number of fused-ring (bicyclic) bond motifs is 1. The highest BCUT2D eigenvalue weighted by Crippen LogP contribution is 2.41. The summed E-state index contributed by atoms with van der Waals surface area (Å²) in [4.78, 5) is 27.4. The van der Waals surface area contributed by atoms with E-state index >= 15 is 0 Å². The monoisotopic (exact) mass is 506 g/mol. The Labute approximate surface area is 211 Å². The van der Waals surface area contributed by atoms with Gasteiger partial charge in [-0.25, -0.2) is 9.07 Å². The van der Waals surface area contributed by atoms with E-state index in [2.05, 4.69) is 10.4 Å². The van der Waals surface area contributed by atoms with Crippen molar-refractivity contribution in [2.45, 2.75) is 38.8 Å². The van der Waals surface area contributed by atoms with Crippen LogP contribution in [-0.4, -0.2) is 33.6 Å². The molecule has 2 amide bonds. The maximum Gasteiger partial charge on any atom is 0.321 e. The zero-order chi connectivity index (χ0) is 26.5. The van der Waals surface area contributed by atoms with Crippen LogP contribution in [0.5, 0.6) is 0 Å². The number of carbonyl (C=O) groups excluding carboxylic acids is 2. The van der Waals surface area contributed by atoms with Crippen LogP contribution >= 0.6 is 0 Å². The summed E-state index contributed by atoms with van der Waals surface area (Å²) >= 11 is 0. The van der Waals surface area contributed by atoms with Crippen LogP contribution in [0, 0.1) is 18.7 Å². The third-order valence-electron chi connectivity index (χ3n) is 6.77. The Balaban J connectivity index is 1.58. The Morgan fingerprint density at radius 1 is 1.03 bits per heavy atom. The number of hydrogen-bond acceptors (Lipinski definition) is 3. The maximum absolute atomic E-state index is 13.8. The fourth-order valence-electron chi connectivity index (χ4n) is 4.88. The van der Waals surface area contributed by atoms with Gasteiger partial charge in [0.25, 0.3) is 5.91 Å². The highest BCUT2D eigenvalue weighted by atomic mass is 19.3. The van der Waals surface area contributed by atoms with Gasteiger partial charge >= 0.3 is 5.92 Å². The van der Waals surface area contributed by atoms with E-state index < -0.39 is 29.8 Å². The van der Waals surface area contributed by atoms with Gasteiger partial charge in [0.2, 0.25) is 5.91 Å². The van der Waals surface area contributed by atoms with Crippen molar-refractivity contribution in [1.82, 2.24) is 15.1 Å². The summed E-state index contributed by atoms with van der Waals surface area (Å²) in [5.41, 5.74) is 3.64. The zero-order valence-electron chi connectivity index (χ0n) is 20.5. The molecule has 0 saturated carbocycles. The number of alkyl halides is 2. The Hall–Kier alpha value is -4.14. The van der Waals surface area contributed by atoms with Crippen LogP contribution in [0.4, 0.5) is 18.9 Å². The van der Waals surface area contributed by atoms with Crippen molar-refractivity contribution in [3.8, 4) is 5.69 Å². The molecule has 1 aliphatic heterocycles. The van der Waals surface area contributed by atoms with Gasteiger partial charge in [-0.3, -0.25) is 9.59 Å². The first kappa shape index (κ1) is 24.5. The van der Waals surface area contributed by atoms with E-state index in [0.717, 1.165) is 22.0 Å². The van der Waals surface area contributed by atoms with E-state index in [1.165, 1.54) is 12.1 Å². The van der Waals surface area contributed by atoms with Crippen LogP contribution in [0.15, 0.2) is 72.9 Å². The van der Waals surface area contributed by atoms with Crippen molar-refractivity contribution in [3.63, 3.8) is 0 Å². The minimum absolute atomic E-state index is 0.290. The minimum Gasteiger partial charge on any atom is -0.345 e. The molecule has 0 bridgehead atoms. The molecule has 3 aromatic carbocycles. The molecule has 1 aromatic heterocycles.